The van der Waals surface area contributed by atoms with Crippen LogP contribution in [0.15, 0.2) is 5.38 Å². The quantitative estimate of drug-likeness (QED) is 0.775. The van der Waals surface area contributed by atoms with Crippen molar-refractivity contribution < 1.29 is 0 Å². The largest absolute Gasteiger partial charge is 0.347 e. The van der Waals surface area contributed by atoms with E-state index in [1.165, 1.54) is 6.42 Å². The molecule has 0 aromatic carbocycles. The SMILES string of the molecule is Clc1csc(N2CCCNCC2)n1. The number of anilines is 1. The lowest BCUT2D eigenvalue weighted by Gasteiger charge is -2.17. The summed E-state index contributed by atoms with van der Waals surface area (Å²) in [4.78, 5) is 6.55. The Kier molecular flexibility index (Phi) is 3.03. The van der Waals surface area contributed by atoms with E-state index in [1.807, 2.05) is 5.38 Å². The van der Waals surface area contributed by atoms with Gasteiger partial charge in [-0.15, -0.1) is 11.3 Å². The number of hydrogen-bond donors (Lipinski definition) is 1. The van der Waals surface area contributed by atoms with Crippen LogP contribution in [-0.4, -0.2) is 31.2 Å². The number of aromatic nitrogens is 1. The maximum Gasteiger partial charge on any atom is 0.186 e. The third-order valence-corrected chi connectivity index (χ3v) is 3.30. The molecule has 3 nitrogen and oxygen atoms in total. The summed E-state index contributed by atoms with van der Waals surface area (Å²) in [6, 6.07) is 0. The summed E-state index contributed by atoms with van der Waals surface area (Å²) >= 11 is 7.40. The van der Waals surface area contributed by atoms with Crippen LogP contribution in [0.2, 0.25) is 5.15 Å². The van der Waals surface area contributed by atoms with E-state index in [2.05, 4.69) is 15.2 Å². The van der Waals surface area contributed by atoms with Gasteiger partial charge in [0.1, 0.15) is 5.15 Å². The molecule has 1 aromatic heterocycles. The number of halogens is 1. The molecule has 1 N–H and O–H groups in total. The Morgan fingerprint density at radius 1 is 1.46 bits per heavy atom. The van der Waals surface area contributed by atoms with Crippen molar-refractivity contribution in [2.75, 3.05) is 31.1 Å². The van der Waals surface area contributed by atoms with Crippen LogP contribution in [0.1, 0.15) is 6.42 Å². The minimum Gasteiger partial charge on any atom is -0.347 e. The minimum atomic E-state index is 0.609. The molecule has 0 saturated carbocycles. The molecule has 0 unspecified atom stereocenters. The first kappa shape index (κ1) is 9.24. The van der Waals surface area contributed by atoms with Crippen molar-refractivity contribution in [3.05, 3.63) is 10.5 Å². The molecule has 1 fully saturated rings. The molecule has 0 atom stereocenters. The van der Waals surface area contributed by atoms with Gasteiger partial charge in [-0.05, 0) is 13.0 Å². The van der Waals surface area contributed by atoms with E-state index in [4.69, 9.17) is 11.6 Å². The second kappa shape index (κ2) is 4.26. The van der Waals surface area contributed by atoms with Crippen molar-refractivity contribution in [1.29, 1.82) is 0 Å². The van der Waals surface area contributed by atoms with Crippen LogP contribution in [0.5, 0.6) is 0 Å². The Morgan fingerprint density at radius 3 is 3.15 bits per heavy atom. The highest BCUT2D eigenvalue weighted by atomic mass is 35.5. The number of nitrogens with zero attached hydrogens (tertiary/aromatic N) is 2. The monoisotopic (exact) mass is 217 g/mol. The van der Waals surface area contributed by atoms with Gasteiger partial charge < -0.3 is 10.2 Å². The van der Waals surface area contributed by atoms with Gasteiger partial charge in [0.25, 0.3) is 0 Å². The third-order valence-electron chi connectivity index (χ3n) is 2.07. The van der Waals surface area contributed by atoms with Crippen molar-refractivity contribution in [3.63, 3.8) is 0 Å². The molecular weight excluding hydrogens is 206 g/mol. The molecule has 0 aliphatic carbocycles. The molecule has 0 bridgehead atoms. The van der Waals surface area contributed by atoms with Gasteiger partial charge >= 0.3 is 0 Å². The number of nitrogens with one attached hydrogen (secondary N) is 1. The van der Waals surface area contributed by atoms with Gasteiger partial charge in [0.2, 0.25) is 0 Å². The zero-order valence-electron chi connectivity index (χ0n) is 7.29. The van der Waals surface area contributed by atoms with Crippen LogP contribution >= 0.6 is 22.9 Å². The van der Waals surface area contributed by atoms with Crippen LogP contribution < -0.4 is 10.2 Å². The first-order valence-corrected chi connectivity index (χ1v) is 5.69. The van der Waals surface area contributed by atoms with Crippen molar-refractivity contribution in [1.82, 2.24) is 10.3 Å². The van der Waals surface area contributed by atoms with E-state index in [9.17, 15) is 0 Å². The Hall–Kier alpha value is -0.320. The molecule has 1 aliphatic heterocycles. The molecule has 5 heteroatoms. The van der Waals surface area contributed by atoms with Crippen LogP contribution in [0, 0.1) is 0 Å². The molecule has 1 saturated heterocycles. The molecular formula is C8H12ClN3S. The fraction of sp³-hybridized carbons (Fsp3) is 0.625. The van der Waals surface area contributed by atoms with E-state index >= 15 is 0 Å². The lowest BCUT2D eigenvalue weighted by Crippen LogP contribution is -2.27. The van der Waals surface area contributed by atoms with E-state index < -0.39 is 0 Å². The van der Waals surface area contributed by atoms with Gasteiger partial charge in [0, 0.05) is 25.0 Å². The van der Waals surface area contributed by atoms with E-state index in [0.29, 0.717) is 5.15 Å². The molecule has 13 heavy (non-hydrogen) atoms. The van der Waals surface area contributed by atoms with Crippen LogP contribution in [0.25, 0.3) is 0 Å². The molecule has 0 amide bonds. The smallest absolute Gasteiger partial charge is 0.186 e. The second-order valence-corrected chi connectivity index (χ2v) is 4.27. The minimum absolute atomic E-state index is 0.609. The first-order valence-electron chi connectivity index (χ1n) is 4.43. The normalized spacial score (nSPS) is 18.7. The Morgan fingerprint density at radius 2 is 2.38 bits per heavy atom. The molecule has 1 aliphatic rings. The molecule has 72 valence electrons. The van der Waals surface area contributed by atoms with E-state index in [0.717, 1.165) is 31.3 Å². The summed E-state index contributed by atoms with van der Waals surface area (Å²) in [6.45, 7) is 4.26. The van der Waals surface area contributed by atoms with Crippen LogP contribution in [0.4, 0.5) is 5.13 Å². The maximum absolute atomic E-state index is 5.78. The molecule has 2 rings (SSSR count). The van der Waals surface area contributed by atoms with Crippen molar-refractivity contribution in [2.45, 2.75) is 6.42 Å². The zero-order valence-corrected chi connectivity index (χ0v) is 8.87. The van der Waals surface area contributed by atoms with Crippen LogP contribution in [-0.2, 0) is 0 Å². The average Bonchev–Trinajstić information content (AvgIpc) is 2.43. The van der Waals surface area contributed by atoms with Gasteiger partial charge in [-0.2, -0.15) is 0 Å². The van der Waals surface area contributed by atoms with Gasteiger partial charge in [-0.25, -0.2) is 4.98 Å². The van der Waals surface area contributed by atoms with E-state index in [-0.39, 0.29) is 0 Å². The highest BCUT2D eigenvalue weighted by Gasteiger charge is 2.12. The number of rotatable bonds is 1. The highest BCUT2D eigenvalue weighted by molar-refractivity contribution is 7.14. The Bertz CT molecular complexity index is 268. The van der Waals surface area contributed by atoms with Crippen molar-refractivity contribution in [2.24, 2.45) is 0 Å². The third kappa shape index (κ3) is 2.33. The molecule has 1 aromatic rings. The Balaban J connectivity index is 2.06. The van der Waals surface area contributed by atoms with Crippen molar-refractivity contribution >= 4 is 28.1 Å². The number of thiazole rings is 1. The summed E-state index contributed by atoms with van der Waals surface area (Å²) in [5.41, 5.74) is 0. The summed E-state index contributed by atoms with van der Waals surface area (Å²) < 4.78 is 0. The van der Waals surface area contributed by atoms with Gasteiger partial charge in [-0.1, -0.05) is 11.6 Å². The topological polar surface area (TPSA) is 28.2 Å². The fourth-order valence-electron chi connectivity index (χ4n) is 1.43. The van der Waals surface area contributed by atoms with Gasteiger partial charge in [0.15, 0.2) is 5.13 Å². The van der Waals surface area contributed by atoms with E-state index in [1.54, 1.807) is 11.3 Å². The van der Waals surface area contributed by atoms with Gasteiger partial charge in [0.05, 0.1) is 0 Å². The first-order chi connectivity index (χ1) is 6.36. The maximum atomic E-state index is 5.78. The lowest BCUT2D eigenvalue weighted by molar-refractivity contribution is 0.724. The van der Waals surface area contributed by atoms with Gasteiger partial charge in [-0.3, -0.25) is 0 Å². The highest BCUT2D eigenvalue weighted by Crippen LogP contribution is 2.23. The van der Waals surface area contributed by atoms with Crippen molar-refractivity contribution in [3.8, 4) is 0 Å². The molecule has 2 heterocycles. The number of hydrogen-bond acceptors (Lipinski definition) is 4. The average molecular weight is 218 g/mol. The second-order valence-electron chi connectivity index (χ2n) is 3.04. The standard InChI is InChI=1S/C8H12ClN3S/c9-7-6-13-8(11-7)12-4-1-2-10-3-5-12/h6,10H,1-5H2. The lowest BCUT2D eigenvalue weighted by atomic mass is 10.4. The predicted octanol–water partition coefficient (Wildman–Crippen LogP) is 1.60. The molecule has 0 radical (unpaired) electrons. The summed E-state index contributed by atoms with van der Waals surface area (Å²) in [6.07, 6.45) is 1.18. The summed E-state index contributed by atoms with van der Waals surface area (Å²) in [7, 11) is 0. The summed E-state index contributed by atoms with van der Waals surface area (Å²) in [5, 5.41) is 6.90. The van der Waals surface area contributed by atoms with Crippen LogP contribution in [0.3, 0.4) is 0 Å². The summed E-state index contributed by atoms with van der Waals surface area (Å²) in [5.74, 6) is 0. The zero-order chi connectivity index (χ0) is 9.10. The predicted molar refractivity (Wildman–Crippen MR) is 56.8 cm³/mol. The Labute approximate surface area is 86.7 Å². The molecule has 0 spiro atoms. The fourth-order valence-corrected chi connectivity index (χ4v) is 2.43.